The van der Waals surface area contributed by atoms with Gasteiger partial charge in [-0.3, -0.25) is 0 Å². The molecule has 6 nitrogen and oxygen atoms in total. The van der Waals surface area contributed by atoms with Crippen molar-refractivity contribution in [3.63, 3.8) is 0 Å². The van der Waals surface area contributed by atoms with E-state index in [-0.39, 0.29) is 11.6 Å². The lowest BCUT2D eigenvalue weighted by Gasteiger charge is -2.22. The first kappa shape index (κ1) is 15.3. The van der Waals surface area contributed by atoms with Crippen molar-refractivity contribution >= 4 is 17.7 Å². The first-order chi connectivity index (χ1) is 10.1. The molecule has 0 aliphatic carbocycles. The predicted octanol–water partition coefficient (Wildman–Crippen LogP) is 2.24. The Labute approximate surface area is 123 Å². The maximum Gasteiger partial charge on any atom is 0.335 e. The Balaban J connectivity index is 1.84. The summed E-state index contributed by atoms with van der Waals surface area (Å²) in [6.45, 7) is 3.77. The minimum atomic E-state index is -0.971. The van der Waals surface area contributed by atoms with Gasteiger partial charge in [-0.1, -0.05) is 0 Å². The highest BCUT2D eigenvalue weighted by molar-refractivity contribution is 5.92. The summed E-state index contributed by atoms with van der Waals surface area (Å²) in [6.07, 6.45) is 2.09. The first-order valence-corrected chi connectivity index (χ1v) is 7.03. The van der Waals surface area contributed by atoms with Crippen LogP contribution in [0.25, 0.3) is 0 Å². The molecule has 0 spiro atoms. The van der Waals surface area contributed by atoms with Gasteiger partial charge in [-0.15, -0.1) is 0 Å². The molecule has 1 aromatic rings. The number of amides is 2. The number of carboxylic acid groups (broad SMARTS) is 1. The fourth-order valence-electron chi connectivity index (χ4n) is 2.36. The standard InChI is InChI=1S/C15H20N2O4/c1-10-7-12(4-5-13(10)14(18)19)17-15(20)16-8-11-3-2-6-21-9-11/h4-5,7,11H,2-3,6,8-9H2,1H3,(H,18,19)(H2,16,17,20). The molecule has 2 amide bonds. The van der Waals surface area contributed by atoms with Gasteiger partial charge in [-0.25, -0.2) is 9.59 Å². The molecule has 1 unspecified atom stereocenters. The Morgan fingerprint density at radius 3 is 2.86 bits per heavy atom. The molecule has 1 aliphatic heterocycles. The fraction of sp³-hybridized carbons (Fsp3) is 0.467. The first-order valence-electron chi connectivity index (χ1n) is 7.03. The number of nitrogens with one attached hydrogen (secondary N) is 2. The van der Waals surface area contributed by atoms with E-state index in [2.05, 4.69) is 10.6 Å². The third-order valence-corrected chi connectivity index (χ3v) is 3.52. The number of hydrogen-bond donors (Lipinski definition) is 3. The average Bonchev–Trinajstić information content (AvgIpc) is 2.46. The van der Waals surface area contributed by atoms with Gasteiger partial charge in [0.25, 0.3) is 0 Å². The maximum atomic E-state index is 11.8. The van der Waals surface area contributed by atoms with Gasteiger partial charge < -0.3 is 20.5 Å². The van der Waals surface area contributed by atoms with E-state index in [9.17, 15) is 9.59 Å². The van der Waals surface area contributed by atoms with Crippen LogP contribution in [0.2, 0.25) is 0 Å². The zero-order chi connectivity index (χ0) is 15.2. The van der Waals surface area contributed by atoms with Gasteiger partial charge in [-0.05, 0) is 49.4 Å². The van der Waals surface area contributed by atoms with Crippen LogP contribution in [0.4, 0.5) is 10.5 Å². The number of anilines is 1. The van der Waals surface area contributed by atoms with E-state index < -0.39 is 5.97 Å². The van der Waals surface area contributed by atoms with Crippen LogP contribution in [0, 0.1) is 12.8 Å². The van der Waals surface area contributed by atoms with Crippen molar-refractivity contribution in [1.29, 1.82) is 0 Å². The number of hydrogen-bond acceptors (Lipinski definition) is 3. The molecule has 0 aromatic heterocycles. The summed E-state index contributed by atoms with van der Waals surface area (Å²) < 4.78 is 5.36. The molecule has 1 atom stereocenters. The molecule has 114 valence electrons. The molecular weight excluding hydrogens is 272 g/mol. The smallest absolute Gasteiger partial charge is 0.335 e. The summed E-state index contributed by atoms with van der Waals surface area (Å²) in [7, 11) is 0. The minimum absolute atomic E-state index is 0.236. The van der Waals surface area contributed by atoms with E-state index in [1.807, 2.05) is 0 Å². The molecule has 1 heterocycles. The van der Waals surface area contributed by atoms with Crippen LogP contribution in [0.1, 0.15) is 28.8 Å². The number of ether oxygens (including phenoxy) is 1. The summed E-state index contributed by atoms with van der Waals surface area (Å²) in [5, 5.41) is 14.5. The fourth-order valence-corrected chi connectivity index (χ4v) is 2.36. The SMILES string of the molecule is Cc1cc(NC(=O)NCC2CCCOC2)ccc1C(=O)O. The van der Waals surface area contributed by atoms with Crippen LogP contribution in [0.3, 0.4) is 0 Å². The van der Waals surface area contributed by atoms with E-state index in [0.29, 0.717) is 30.3 Å². The molecule has 1 saturated heterocycles. The van der Waals surface area contributed by atoms with Crippen molar-refractivity contribution in [1.82, 2.24) is 5.32 Å². The monoisotopic (exact) mass is 292 g/mol. The Hall–Kier alpha value is -2.08. The van der Waals surface area contributed by atoms with Gasteiger partial charge in [0.1, 0.15) is 0 Å². The van der Waals surface area contributed by atoms with Crippen molar-refractivity contribution in [3.8, 4) is 0 Å². The number of aryl methyl sites for hydroxylation is 1. The molecule has 3 N–H and O–H groups in total. The number of benzene rings is 1. The highest BCUT2D eigenvalue weighted by atomic mass is 16.5. The predicted molar refractivity (Wildman–Crippen MR) is 78.7 cm³/mol. The van der Waals surface area contributed by atoms with Crippen LogP contribution in [0.15, 0.2) is 18.2 Å². The Morgan fingerprint density at radius 1 is 1.43 bits per heavy atom. The summed E-state index contributed by atoms with van der Waals surface area (Å²) in [6, 6.07) is 4.43. The summed E-state index contributed by atoms with van der Waals surface area (Å²) >= 11 is 0. The molecule has 6 heteroatoms. The second-order valence-corrected chi connectivity index (χ2v) is 5.25. The highest BCUT2D eigenvalue weighted by Gasteiger charge is 2.15. The van der Waals surface area contributed by atoms with Crippen molar-refractivity contribution < 1.29 is 19.4 Å². The molecular formula is C15H20N2O4. The number of rotatable bonds is 4. The Morgan fingerprint density at radius 2 is 2.24 bits per heavy atom. The molecule has 1 aliphatic rings. The number of carboxylic acids is 1. The largest absolute Gasteiger partial charge is 0.478 e. The van der Waals surface area contributed by atoms with Crippen LogP contribution >= 0.6 is 0 Å². The van der Waals surface area contributed by atoms with Crippen molar-refractivity contribution in [2.75, 3.05) is 25.1 Å². The van der Waals surface area contributed by atoms with Crippen LogP contribution in [0.5, 0.6) is 0 Å². The molecule has 1 fully saturated rings. The van der Waals surface area contributed by atoms with E-state index in [1.54, 1.807) is 19.1 Å². The van der Waals surface area contributed by atoms with Gasteiger partial charge in [0.2, 0.25) is 0 Å². The molecule has 2 rings (SSSR count). The molecule has 0 radical (unpaired) electrons. The normalized spacial score (nSPS) is 18.0. The number of carbonyl (C=O) groups excluding carboxylic acids is 1. The number of carbonyl (C=O) groups is 2. The topological polar surface area (TPSA) is 87.7 Å². The molecule has 0 saturated carbocycles. The lowest BCUT2D eigenvalue weighted by Crippen LogP contribution is -2.35. The zero-order valence-corrected chi connectivity index (χ0v) is 12.0. The van der Waals surface area contributed by atoms with Crippen molar-refractivity contribution in [3.05, 3.63) is 29.3 Å². The van der Waals surface area contributed by atoms with Crippen LogP contribution in [-0.4, -0.2) is 36.9 Å². The minimum Gasteiger partial charge on any atom is -0.478 e. The molecule has 1 aromatic carbocycles. The summed E-state index contributed by atoms with van der Waals surface area (Å²) in [5.41, 5.74) is 1.43. The molecule has 0 bridgehead atoms. The van der Waals surface area contributed by atoms with Gasteiger partial charge in [0, 0.05) is 18.8 Å². The van der Waals surface area contributed by atoms with Gasteiger partial charge in [-0.2, -0.15) is 0 Å². The molecule has 21 heavy (non-hydrogen) atoms. The number of urea groups is 1. The third-order valence-electron chi connectivity index (χ3n) is 3.52. The second kappa shape index (κ2) is 7.08. The quantitative estimate of drug-likeness (QED) is 0.794. The van der Waals surface area contributed by atoms with E-state index in [4.69, 9.17) is 9.84 Å². The average molecular weight is 292 g/mol. The van der Waals surface area contributed by atoms with Crippen LogP contribution < -0.4 is 10.6 Å². The van der Waals surface area contributed by atoms with Crippen molar-refractivity contribution in [2.45, 2.75) is 19.8 Å². The van der Waals surface area contributed by atoms with E-state index >= 15 is 0 Å². The van der Waals surface area contributed by atoms with Crippen molar-refractivity contribution in [2.24, 2.45) is 5.92 Å². The van der Waals surface area contributed by atoms with Crippen LogP contribution in [-0.2, 0) is 4.74 Å². The Bertz CT molecular complexity index is 524. The summed E-state index contributed by atoms with van der Waals surface area (Å²) in [5.74, 6) is -0.610. The third kappa shape index (κ3) is 4.46. The second-order valence-electron chi connectivity index (χ2n) is 5.25. The van der Waals surface area contributed by atoms with Gasteiger partial charge in [0.15, 0.2) is 0 Å². The maximum absolute atomic E-state index is 11.8. The lowest BCUT2D eigenvalue weighted by atomic mass is 10.0. The van der Waals surface area contributed by atoms with E-state index in [0.717, 1.165) is 19.4 Å². The van der Waals surface area contributed by atoms with Gasteiger partial charge >= 0.3 is 12.0 Å². The van der Waals surface area contributed by atoms with E-state index in [1.165, 1.54) is 6.07 Å². The number of aromatic carboxylic acids is 1. The zero-order valence-electron chi connectivity index (χ0n) is 12.0. The van der Waals surface area contributed by atoms with Gasteiger partial charge in [0.05, 0.1) is 12.2 Å². The highest BCUT2D eigenvalue weighted by Crippen LogP contribution is 2.15. The summed E-state index contributed by atoms with van der Waals surface area (Å²) in [4.78, 5) is 22.7. The lowest BCUT2D eigenvalue weighted by molar-refractivity contribution is 0.0559. The Kier molecular flexibility index (Phi) is 5.16.